The maximum absolute atomic E-state index is 13.5. The van der Waals surface area contributed by atoms with Crippen molar-refractivity contribution in [3.05, 3.63) is 96.6 Å². The van der Waals surface area contributed by atoms with Crippen LogP contribution >= 0.6 is 7.75 Å². The van der Waals surface area contributed by atoms with Crippen LogP contribution in [0, 0.1) is 0 Å². The third-order valence-electron chi connectivity index (χ3n) is 4.54. The lowest BCUT2D eigenvalue weighted by molar-refractivity contribution is -0.141. The Morgan fingerprint density at radius 1 is 0.938 bits per heavy atom. The zero-order valence-electron chi connectivity index (χ0n) is 17.4. The molecule has 32 heavy (non-hydrogen) atoms. The Hall–Kier alpha value is -3.77. The van der Waals surface area contributed by atoms with E-state index in [2.05, 4.69) is 4.76 Å². The van der Waals surface area contributed by atoms with Gasteiger partial charge in [-0.05, 0) is 29.8 Å². The number of carboxylic acids is 1. The van der Waals surface area contributed by atoms with E-state index in [0.717, 1.165) is 5.56 Å². The fourth-order valence-electron chi connectivity index (χ4n) is 2.87. The molecule has 0 aliphatic heterocycles. The van der Waals surface area contributed by atoms with Crippen molar-refractivity contribution in [2.24, 2.45) is 10.5 Å². The molecule has 0 fully saturated rings. The average Bonchev–Trinajstić information content (AvgIpc) is 2.78. The molecule has 0 aliphatic carbocycles. The van der Waals surface area contributed by atoms with Crippen LogP contribution in [0.5, 0.6) is 11.5 Å². The maximum atomic E-state index is 13.5. The van der Waals surface area contributed by atoms with Crippen molar-refractivity contribution in [1.29, 1.82) is 0 Å². The van der Waals surface area contributed by atoms with Crippen LogP contribution in [0.3, 0.4) is 0 Å². The van der Waals surface area contributed by atoms with E-state index >= 15 is 0 Å². The van der Waals surface area contributed by atoms with E-state index in [4.69, 9.17) is 14.8 Å². The Morgan fingerprint density at radius 2 is 1.38 bits per heavy atom. The van der Waals surface area contributed by atoms with E-state index in [1.807, 2.05) is 30.3 Å². The predicted octanol–water partition coefficient (Wildman–Crippen LogP) is 4.19. The van der Waals surface area contributed by atoms with Crippen LogP contribution in [0.4, 0.5) is 0 Å². The van der Waals surface area contributed by atoms with Gasteiger partial charge in [-0.15, -0.1) is 4.76 Å². The number of nitrogens with two attached hydrogens (primary N) is 1. The highest BCUT2D eigenvalue weighted by atomic mass is 31.2. The average molecular weight is 453 g/mol. The van der Waals surface area contributed by atoms with Crippen LogP contribution < -0.4 is 14.8 Å². The van der Waals surface area contributed by atoms with Crippen molar-refractivity contribution in [1.82, 2.24) is 4.90 Å². The van der Waals surface area contributed by atoms with Crippen molar-refractivity contribution in [2.45, 2.75) is 12.5 Å². The molecule has 0 saturated carbocycles. The summed E-state index contributed by atoms with van der Waals surface area (Å²) >= 11 is 0. The number of hydrogen-bond donors (Lipinski definition) is 2. The lowest BCUT2D eigenvalue weighted by Gasteiger charge is -2.26. The van der Waals surface area contributed by atoms with Crippen LogP contribution in [0.15, 0.2) is 95.8 Å². The number of rotatable bonds is 9. The van der Waals surface area contributed by atoms with Crippen molar-refractivity contribution >= 4 is 19.7 Å². The van der Waals surface area contributed by atoms with Gasteiger partial charge in [-0.3, -0.25) is 0 Å². The summed E-state index contributed by atoms with van der Waals surface area (Å²) in [5.41, 5.74) is 6.89. The van der Waals surface area contributed by atoms with E-state index in [0.29, 0.717) is 0 Å². The third kappa shape index (κ3) is 6.36. The normalized spacial score (nSPS) is 12.6. The Bertz CT molecular complexity index is 1050. The van der Waals surface area contributed by atoms with E-state index in [-0.39, 0.29) is 23.9 Å². The molecule has 0 saturated heterocycles. The highest BCUT2D eigenvalue weighted by Gasteiger charge is 2.32. The van der Waals surface area contributed by atoms with Gasteiger partial charge in [0.05, 0.1) is 0 Å². The zero-order valence-corrected chi connectivity index (χ0v) is 18.3. The number of hydrogen-bond acceptors (Lipinski definition) is 4. The van der Waals surface area contributed by atoms with Crippen molar-refractivity contribution in [2.75, 3.05) is 7.05 Å². The summed E-state index contributed by atoms with van der Waals surface area (Å²) in [6.07, 6.45) is 0.173. The van der Waals surface area contributed by atoms with Crippen LogP contribution in [-0.2, 0) is 15.8 Å². The lowest BCUT2D eigenvalue weighted by Crippen LogP contribution is -2.47. The Labute approximate surface area is 186 Å². The van der Waals surface area contributed by atoms with E-state index in [1.165, 1.54) is 11.9 Å². The number of benzene rings is 3. The monoisotopic (exact) mass is 453 g/mol. The van der Waals surface area contributed by atoms with Gasteiger partial charge < -0.3 is 24.8 Å². The standard InChI is InChI=1S/C23H24N3O5P/c1-26(21(22(27)28)17-18-11-5-2-6-12-18)23(24)25-32(29,30-19-13-7-3-8-14-19)31-20-15-9-4-10-16-20/h2-16,21H,17H2,1H3,(H,27,28)(H2,24,25,29). The quantitative estimate of drug-likeness (QED) is 0.284. The van der Waals surface area contributed by atoms with Gasteiger partial charge in [0.1, 0.15) is 17.5 Å². The summed E-state index contributed by atoms with van der Waals surface area (Å²) in [6, 6.07) is 24.9. The largest absolute Gasteiger partial charge is 0.566 e. The lowest BCUT2D eigenvalue weighted by atomic mass is 10.1. The summed E-state index contributed by atoms with van der Waals surface area (Å²) in [5, 5.41) is 9.74. The first-order chi connectivity index (χ1) is 15.4. The van der Waals surface area contributed by atoms with Gasteiger partial charge in [0.15, 0.2) is 0 Å². The molecule has 1 unspecified atom stereocenters. The van der Waals surface area contributed by atoms with Gasteiger partial charge in [-0.25, -0.2) is 9.36 Å². The SMILES string of the molecule is CN(C(N)=NP(=O)(Oc1ccccc1)Oc1ccccc1)C(Cc1ccccc1)C(=O)O. The Kier molecular flexibility index (Phi) is 7.52. The molecular formula is C23H24N3O5P. The summed E-state index contributed by atoms with van der Waals surface area (Å²) in [6.45, 7) is 0. The summed E-state index contributed by atoms with van der Waals surface area (Å²) in [4.78, 5) is 13.2. The summed E-state index contributed by atoms with van der Waals surface area (Å²) in [7, 11) is -2.73. The van der Waals surface area contributed by atoms with Crippen molar-refractivity contribution in [3.8, 4) is 11.5 Å². The van der Waals surface area contributed by atoms with Crippen molar-refractivity contribution in [3.63, 3.8) is 0 Å². The number of carbonyl (C=O) groups is 1. The van der Waals surface area contributed by atoms with Gasteiger partial charge in [-0.2, -0.15) is 0 Å². The van der Waals surface area contributed by atoms with Crippen LogP contribution in [-0.4, -0.2) is 35.0 Å². The Balaban J connectivity index is 1.89. The van der Waals surface area contributed by atoms with Gasteiger partial charge in [0.2, 0.25) is 5.96 Å². The Morgan fingerprint density at radius 3 is 1.81 bits per heavy atom. The van der Waals surface area contributed by atoms with Gasteiger partial charge >= 0.3 is 13.7 Å². The highest BCUT2D eigenvalue weighted by Crippen LogP contribution is 2.50. The molecule has 166 valence electrons. The fourth-order valence-corrected chi connectivity index (χ4v) is 4.16. The number of aliphatic carboxylic acids is 1. The first-order valence-corrected chi connectivity index (χ1v) is 11.3. The fraction of sp³-hybridized carbons (Fsp3) is 0.130. The molecular weight excluding hydrogens is 429 g/mol. The minimum Gasteiger partial charge on any atom is -0.480 e. The second-order valence-electron chi connectivity index (χ2n) is 6.89. The molecule has 0 amide bonds. The van der Waals surface area contributed by atoms with E-state index < -0.39 is 19.8 Å². The third-order valence-corrected chi connectivity index (χ3v) is 5.87. The summed E-state index contributed by atoms with van der Waals surface area (Å²) < 4.78 is 28.7. The maximum Gasteiger partial charge on any atom is 0.566 e. The minimum atomic E-state index is -4.20. The first-order valence-electron chi connectivity index (χ1n) is 9.81. The van der Waals surface area contributed by atoms with Gasteiger partial charge in [0, 0.05) is 13.5 Å². The van der Waals surface area contributed by atoms with Crippen LogP contribution in [0.2, 0.25) is 0 Å². The first kappa shape index (κ1) is 22.9. The number of guanidine groups is 1. The van der Waals surface area contributed by atoms with Crippen LogP contribution in [0.25, 0.3) is 0 Å². The molecule has 0 bridgehead atoms. The molecule has 3 aromatic carbocycles. The van der Waals surface area contributed by atoms with Crippen LogP contribution in [0.1, 0.15) is 5.56 Å². The smallest absolute Gasteiger partial charge is 0.480 e. The molecule has 0 aromatic heterocycles. The molecule has 3 aromatic rings. The molecule has 9 heteroatoms. The predicted molar refractivity (Wildman–Crippen MR) is 123 cm³/mol. The molecule has 3 N–H and O–H groups in total. The van der Waals surface area contributed by atoms with Gasteiger partial charge in [-0.1, -0.05) is 66.7 Å². The number of carboxylic acid groups (broad SMARTS) is 1. The highest BCUT2D eigenvalue weighted by molar-refractivity contribution is 7.53. The minimum absolute atomic E-state index is 0.173. The van der Waals surface area contributed by atoms with Gasteiger partial charge in [0.25, 0.3) is 0 Å². The number of likely N-dealkylation sites (N-methyl/N-ethyl adjacent to an activating group) is 1. The zero-order chi connectivity index (χ0) is 23.0. The summed E-state index contributed by atoms with van der Waals surface area (Å²) in [5.74, 6) is -0.851. The van der Waals surface area contributed by atoms with Crippen molar-refractivity contribution < 1.29 is 23.5 Å². The number of para-hydroxylation sites is 2. The topological polar surface area (TPSA) is 114 Å². The molecule has 0 heterocycles. The molecule has 1 atom stereocenters. The molecule has 8 nitrogen and oxygen atoms in total. The molecule has 0 radical (unpaired) electrons. The molecule has 0 spiro atoms. The second kappa shape index (κ2) is 10.5. The number of nitrogens with zero attached hydrogens (tertiary/aromatic N) is 2. The molecule has 0 aliphatic rings. The van der Waals surface area contributed by atoms with E-state index in [1.54, 1.807) is 60.7 Å². The molecule has 3 rings (SSSR count). The second-order valence-corrected chi connectivity index (χ2v) is 8.39. The van der Waals surface area contributed by atoms with E-state index in [9.17, 15) is 14.5 Å².